The van der Waals surface area contributed by atoms with Gasteiger partial charge in [-0.1, -0.05) is 6.07 Å². The SMILES string of the molecule is Cc1ccc2c(c1)NC(=O)CS2.[HH]. The van der Waals surface area contributed by atoms with Crippen molar-refractivity contribution in [2.24, 2.45) is 0 Å². The molecule has 1 aliphatic heterocycles. The summed E-state index contributed by atoms with van der Waals surface area (Å²) in [6, 6.07) is 6.11. The minimum atomic E-state index is 0. The molecule has 0 radical (unpaired) electrons. The second-order valence-electron chi connectivity index (χ2n) is 2.84. The summed E-state index contributed by atoms with van der Waals surface area (Å²) < 4.78 is 0. The van der Waals surface area contributed by atoms with Crippen molar-refractivity contribution in [1.82, 2.24) is 0 Å². The van der Waals surface area contributed by atoms with Gasteiger partial charge in [0.1, 0.15) is 0 Å². The van der Waals surface area contributed by atoms with Crippen molar-refractivity contribution in [3.8, 4) is 0 Å². The first kappa shape index (κ1) is 7.68. The van der Waals surface area contributed by atoms with Gasteiger partial charge in [-0.25, -0.2) is 0 Å². The van der Waals surface area contributed by atoms with E-state index in [0.717, 1.165) is 5.69 Å². The van der Waals surface area contributed by atoms with Gasteiger partial charge in [-0.3, -0.25) is 4.79 Å². The zero-order valence-corrected chi connectivity index (χ0v) is 7.57. The van der Waals surface area contributed by atoms with Gasteiger partial charge in [0.25, 0.3) is 0 Å². The molecule has 1 heterocycles. The fraction of sp³-hybridized carbons (Fsp3) is 0.222. The summed E-state index contributed by atoms with van der Waals surface area (Å²) in [7, 11) is 0. The lowest BCUT2D eigenvalue weighted by atomic mass is 10.2. The molecule has 0 saturated heterocycles. The van der Waals surface area contributed by atoms with Crippen LogP contribution in [0.5, 0.6) is 0 Å². The Balaban J connectivity index is 0.000000845. The van der Waals surface area contributed by atoms with Gasteiger partial charge in [0.15, 0.2) is 0 Å². The molecule has 1 N–H and O–H groups in total. The third-order valence-electron chi connectivity index (χ3n) is 1.77. The zero-order valence-electron chi connectivity index (χ0n) is 6.76. The van der Waals surface area contributed by atoms with E-state index in [4.69, 9.17) is 0 Å². The fourth-order valence-electron chi connectivity index (χ4n) is 1.20. The predicted molar refractivity (Wildman–Crippen MR) is 52.6 cm³/mol. The van der Waals surface area contributed by atoms with Crippen LogP contribution < -0.4 is 5.32 Å². The van der Waals surface area contributed by atoms with E-state index in [0.29, 0.717) is 5.75 Å². The van der Waals surface area contributed by atoms with Crippen LogP contribution >= 0.6 is 11.8 Å². The summed E-state index contributed by atoms with van der Waals surface area (Å²) in [6.07, 6.45) is 0. The molecule has 3 heteroatoms. The molecule has 1 amide bonds. The molecule has 2 rings (SSSR count). The first-order chi connectivity index (χ1) is 5.75. The predicted octanol–water partition coefficient (Wildman–Crippen LogP) is 2.29. The first-order valence-corrected chi connectivity index (χ1v) is 4.77. The van der Waals surface area contributed by atoms with Gasteiger partial charge < -0.3 is 5.32 Å². The van der Waals surface area contributed by atoms with Gasteiger partial charge in [0.05, 0.1) is 11.4 Å². The van der Waals surface area contributed by atoms with E-state index in [-0.39, 0.29) is 7.33 Å². The molecule has 1 aromatic rings. The highest BCUT2D eigenvalue weighted by Crippen LogP contribution is 2.31. The molecule has 0 fully saturated rings. The van der Waals surface area contributed by atoms with Crippen LogP contribution in [0.2, 0.25) is 0 Å². The molecular formula is C9H11NOS. The molecule has 1 aliphatic rings. The standard InChI is InChI=1S/C9H9NOS.H2/c1-6-2-3-8-7(4-6)10-9(11)5-12-8;/h2-4H,5H2,1H3,(H,10,11);1H. The lowest BCUT2D eigenvalue weighted by Gasteiger charge is -2.15. The second kappa shape index (κ2) is 2.83. The van der Waals surface area contributed by atoms with Crippen LogP contribution in [0.25, 0.3) is 0 Å². The van der Waals surface area contributed by atoms with Crippen molar-refractivity contribution in [2.75, 3.05) is 11.1 Å². The molecule has 2 nitrogen and oxygen atoms in total. The van der Waals surface area contributed by atoms with E-state index in [1.807, 2.05) is 13.0 Å². The number of nitrogens with one attached hydrogen (secondary N) is 1. The smallest absolute Gasteiger partial charge is 0.234 e. The number of fused-ring (bicyclic) bond motifs is 1. The van der Waals surface area contributed by atoms with Gasteiger partial charge in [-0.2, -0.15) is 0 Å². The number of anilines is 1. The van der Waals surface area contributed by atoms with E-state index < -0.39 is 0 Å². The monoisotopic (exact) mass is 181 g/mol. The molecule has 0 aliphatic carbocycles. The van der Waals surface area contributed by atoms with Gasteiger partial charge in [-0.05, 0) is 24.6 Å². The normalized spacial score (nSPS) is 15.2. The number of thioether (sulfide) groups is 1. The minimum absolute atomic E-state index is 0. The molecule has 64 valence electrons. The zero-order chi connectivity index (χ0) is 8.55. The average Bonchev–Trinajstić information content (AvgIpc) is 2.03. The van der Waals surface area contributed by atoms with E-state index in [9.17, 15) is 4.79 Å². The third-order valence-corrected chi connectivity index (χ3v) is 2.84. The highest BCUT2D eigenvalue weighted by Gasteiger charge is 2.14. The highest BCUT2D eigenvalue weighted by molar-refractivity contribution is 8.00. The number of rotatable bonds is 0. The number of amides is 1. The number of benzene rings is 1. The highest BCUT2D eigenvalue weighted by atomic mass is 32.2. The Hall–Kier alpha value is -0.960. The van der Waals surface area contributed by atoms with Crippen LogP contribution in [0.1, 0.15) is 6.99 Å². The van der Waals surface area contributed by atoms with Crippen molar-refractivity contribution in [1.29, 1.82) is 0 Å². The molecule has 0 saturated carbocycles. The largest absolute Gasteiger partial charge is 0.324 e. The Labute approximate surface area is 76.8 Å². The Morgan fingerprint density at radius 2 is 2.42 bits per heavy atom. The number of hydrogen-bond donors (Lipinski definition) is 1. The molecule has 12 heavy (non-hydrogen) atoms. The quantitative estimate of drug-likeness (QED) is 0.665. The number of carbonyl (C=O) groups is 1. The molecule has 0 spiro atoms. The van der Waals surface area contributed by atoms with E-state index in [2.05, 4.69) is 17.4 Å². The lowest BCUT2D eigenvalue weighted by Crippen LogP contribution is -2.18. The molecule has 1 aromatic carbocycles. The summed E-state index contributed by atoms with van der Waals surface area (Å²) in [5.41, 5.74) is 2.13. The summed E-state index contributed by atoms with van der Waals surface area (Å²) in [4.78, 5) is 12.2. The topological polar surface area (TPSA) is 29.1 Å². The van der Waals surface area contributed by atoms with Crippen molar-refractivity contribution >= 4 is 23.4 Å². The van der Waals surface area contributed by atoms with Crippen LogP contribution in [0.15, 0.2) is 23.1 Å². The maximum absolute atomic E-state index is 11.0. The summed E-state index contributed by atoms with van der Waals surface area (Å²) in [5, 5.41) is 2.84. The molecule has 0 atom stereocenters. The van der Waals surface area contributed by atoms with Crippen LogP contribution in [0.3, 0.4) is 0 Å². The second-order valence-corrected chi connectivity index (χ2v) is 3.85. The maximum atomic E-state index is 11.0. The lowest BCUT2D eigenvalue weighted by molar-refractivity contribution is -0.113. The van der Waals surface area contributed by atoms with E-state index >= 15 is 0 Å². The van der Waals surface area contributed by atoms with Crippen LogP contribution in [-0.4, -0.2) is 11.7 Å². The van der Waals surface area contributed by atoms with Crippen LogP contribution in [0, 0.1) is 6.92 Å². The Morgan fingerprint density at radius 1 is 1.58 bits per heavy atom. The third kappa shape index (κ3) is 1.32. The molecular weight excluding hydrogens is 170 g/mol. The van der Waals surface area contributed by atoms with Gasteiger partial charge in [0.2, 0.25) is 5.91 Å². The summed E-state index contributed by atoms with van der Waals surface area (Å²) in [6.45, 7) is 2.02. The van der Waals surface area contributed by atoms with Gasteiger partial charge in [-0.15, -0.1) is 11.8 Å². The van der Waals surface area contributed by atoms with Gasteiger partial charge >= 0.3 is 0 Å². The number of aryl methyl sites for hydroxylation is 1. The average molecular weight is 181 g/mol. The van der Waals surface area contributed by atoms with Crippen molar-refractivity contribution in [3.05, 3.63) is 23.8 Å². The van der Waals surface area contributed by atoms with Crippen LogP contribution in [0.4, 0.5) is 5.69 Å². The first-order valence-electron chi connectivity index (χ1n) is 3.79. The Bertz CT molecular complexity index is 340. The van der Waals surface area contributed by atoms with E-state index in [1.165, 1.54) is 10.5 Å². The Kier molecular flexibility index (Phi) is 1.81. The Morgan fingerprint density at radius 3 is 3.25 bits per heavy atom. The number of hydrogen-bond acceptors (Lipinski definition) is 2. The van der Waals surface area contributed by atoms with Crippen molar-refractivity contribution in [2.45, 2.75) is 11.8 Å². The molecule has 0 unspecified atom stereocenters. The van der Waals surface area contributed by atoms with Crippen LogP contribution in [-0.2, 0) is 4.79 Å². The minimum Gasteiger partial charge on any atom is -0.324 e. The number of carbonyl (C=O) groups excluding carboxylic acids is 1. The molecule has 0 bridgehead atoms. The molecule has 0 aromatic heterocycles. The fourth-order valence-corrected chi connectivity index (χ4v) is 1.99. The van der Waals surface area contributed by atoms with E-state index in [1.54, 1.807) is 11.8 Å². The summed E-state index contributed by atoms with van der Waals surface area (Å²) in [5.74, 6) is 0.633. The summed E-state index contributed by atoms with van der Waals surface area (Å²) >= 11 is 1.59. The van der Waals surface area contributed by atoms with Crippen molar-refractivity contribution in [3.63, 3.8) is 0 Å². The van der Waals surface area contributed by atoms with Gasteiger partial charge in [0, 0.05) is 6.32 Å². The van der Waals surface area contributed by atoms with Crippen molar-refractivity contribution < 1.29 is 6.22 Å². The maximum Gasteiger partial charge on any atom is 0.234 e.